The minimum Gasteiger partial charge on any atom is -0.387 e. The SMILES string of the molecule is Cc1cccc(C[S@](=O)C[C@@H](O)c2ccc(Cl)cc2Cl)c1. The summed E-state index contributed by atoms with van der Waals surface area (Å²) in [4.78, 5) is 0. The largest absolute Gasteiger partial charge is 0.387 e. The van der Waals surface area contributed by atoms with Crippen LogP contribution in [0.2, 0.25) is 10.0 Å². The van der Waals surface area contributed by atoms with E-state index >= 15 is 0 Å². The van der Waals surface area contributed by atoms with Crippen molar-refractivity contribution in [3.8, 4) is 0 Å². The molecule has 2 atom stereocenters. The Hall–Kier alpha value is -0.870. The van der Waals surface area contributed by atoms with E-state index in [2.05, 4.69) is 0 Å². The normalized spacial score (nSPS) is 13.9. The van der Waals surface area contributed by atoms with Crippen molar-refractivity contribution in [1.29, 1.82) is 0 Å². The van der Waals surface area contributed by atoms with Crippen molar-refractivity contribution in [2.24, 2.45) is 0 Å². The maximum Gasteiger partial charge on any atom is 0.0919 e. The number of hydrogen-bond donors (Lipinski definition) is 1. The number of benzene rings is 2. The van der Waals surface area contributed by atoms with Crippen molar-refractivity contribution in [1.82, 2.24) is 0 Å². The Morgan fingerprint density at radius 2 is 1.95 bits per heavy atom. The van der Waals surface area contributed by atoms with Gasteiger partial charge in [-0.2, -0.15) is 0 Å². The Morgan fingerprint density at radius 1 is 1.19 bits per heavy atom. The molecule has 1 N–H and O–H groups in total. The number of halogens is 2. The van der Waals surface area contributed by atoms with E-state index in [1.54, 1.807) is 18.2 Å². The minimum absolute atomic E-state index is 0.148. The van der Waals surface area contributed by atoms with E-state index in [1.165, 1.54) is 0 Å². The fourth-order valence-electron chi connectivity index (χ4n) is 2.08. The van der Waals surface area contributed by atoms with Gasteiger partial charge < -0.3 is 5.11 Å². The van der Waals surface area contributed by atoms with E-state index in [4.69, 9.17) is 23.2 Å². The van der Waals surface area contributed by atoms with Crippen LogP contribution < -0.4 is 0 Å². The molecular weight excluding hydrogens is 327 g/mol. The van der Waals surface area contributed by atoms with E-state index in [1.807, 2.05) is 31.2 Å². The third-order valence-corrected chi connectivity index (χ3v) is 4.98. The van der Waals surface area contributed by atoms with Crippen LogP contribution in [0.4, 0.5) is 0 Å². The van der Waals surface area contributed by atoms with E-state index < -0.39 is 16.9 Å². The summed E-state index contributed by atoms with van der Waals surface area (Å²) in [6.45, 7) is 1.99. The van der Waals surface area contributed by atoms with Crippen LogP contribution in [-0.4, -0.2) is 15.1 Å². The predicted molar refractivity (Wildman–Crippen MR) is 89.3 cm³/mol. The molecule has 5 heteroatoms. The van der Waals surface area contributed by atoms with Crippen LogP contribution >= 0.6 is 23.2 Å². The summed E-state index contributed by atoms with van der Waals surface area (Å²) in [7, 11) is -1.17. The van der Waals surface area contributed by atoms with Crippen molar-refractivity contribution >= 4 is 34.0 Å². The second-order valence-corrected chi connectivity index (χ2v) is 7.27. The molecule has 2 aromatic carbocycles. The zero-order chi connectivity index (χ0) is 15.4. The lowest BCUT2D eigenvalue weighted by atomic mass is 10.1. The van der Waals surface area contributed by atoms with Gasteiger partial charge in [0.2, 0.25) is 0 Å². The number of rotatable bonds is 5. The third-order valence-electron chi connectivity index (χ3n) is 3.08. The first-order chi connectivity index (χ1) is 9.95. The van der Waals surface area contributed by atoms with Crippen LogP contribution in [-0.2, 0) is 16.6 Å². The fourth-order valence-corrected chi connectivity index (χ4v) is 3.82. The molecule has 0 aromatic heterocycles. The number of hydrogen-bond acceptors (Lipinski definition) is 2. The van der Waals surface area contributed by atoms with Gasteiger partial charge >= 0.3 is 0 Å². The Labute approximate surface area is 137 Å². The van der Waals surface area contributed by atoms with Gasteiger partial charge in [-0.3, -0.25) is 4.21 Å². The lowest BCUT2D eigenvalue weighted by Gasteiger charge is -2.13. The van der Waals surface area contributed by atoms with Gasteiger partial charge in [0.15, 0.2) is 0 Å². The summed E-state index contributed by atoms with van der Waals surface area (Å²) < 4.78 is 12.2. The lowest BCUT2D eigenvalue weighted by Crippen LogP contribution is -2.11. The summed E-state index contributed by atoms with van der Waals surface area (Å²) in [6.07, 6.45) is -0.861. The summed E-state index contributed by atoms with van der Waals surface area (Å²) in [5.74, 6) is 0.569. The van der Waals surface area contributed by atoms with E-state index in [9.17, 15) is 9.32 Å². The summed E-state index contributed by atoms with van der Waals surface area (Å²) in [5.41, 5.74) is 2.69. The summed E-state index contributed by atoms with van der Waals surface area (Å²) in [5, 5.41) is 11.1. The molecule has 2 aromatic rings. The van der Waals surface area contributed by atoms with Crippen LogP contribution in [0.3, 0.4) is 0 Å². The van der Waals surface area contributed by atoms with E-state index in [0.717, 1.165) is 11.1 Å². The molecule has 2 nitrogen and oxygen atoms in total. The highest BCUT2D eigenvalue weighted by atomic mass is 35.5. The first-order valence-electron chi connectivity index (χ1n) is 6.49. The molecule has 0 spiro atoms. The molecule has 0 saturated carbocycles. The predicted octanol–water partition coefficient (Wildman–Crippen LogP) is 4.28. The Morgan fingerprint density at radius 3 is 2.62 bits per heavy atom. The molecule has 0 heterocycles. The monoisotopic (exact) mass is 342 g/mol. The molecule has 2 rings (SSSR count). The second-order valence-electron chi connectivity index (χ2n) is 4.92. The van der Waals surface area contributed by atoms with Gasteiger partial charge in [0.05, 0.1) is 11.9 Å². The van der Waals surface area contributed by atoms with Crippen molar-refractivity contribution < 1.29 is 9.32 Å². The smallest absolute Gasteiger partial charge is 0.0919 e. The van der Waals surface area contributed by atoms with Gasteiger partial charge in [0, 0.05) is 32.2 Å². The second kappa shape index (κ2) is 7.41. The topological polar surface area (TPSA) is 37.3 Å². The fraction of sp³-hybridized carbons (Fsp3) is 0.250. The van der Waals surface area contributed by atoms with Crippen LogP contribution in [0, 0.1) is 6.92 Å². The Kier molecular flexibility index (Phi) is 5.82. The Bertz CT molecular complexity index is 658. The van der Waals surface area contributed by atoms with Crippen LogP contribution in [0.1, 0.15) is 22.8 Å². The standard InChI is InChI=1S/C16H16Cl2O2S/c1-11-3-2-4-12(7-11)9-21(20)10-16(19)14-6-5-13(17)8-15(14)18/h2-8,16,19H,9-10H2,1H3/t16-,21+/m1/s1. The van der Waals surface area contributed by atoms with Crippen molar-refractivity contribution in [3.05, 3.63) is 69.2 Å². The van der Waals surface area contributed by atoms with Crippen LogP contribution in [0.5, 0.6) is 0 Å². The zero-order valence-corrected chi connectivity index (χ0v) is 13.9. The molecule has 0 aliphatic carbocycles. The zero-order valence-electron chi connectivity index (χ0n) is 11.6. The number of aryl methyl sites for hydroxylation is 1. The minimum atomic E-state index is -1.17. The number of aliphatic hydroxyl groups excluding tert-OH is 1. The quantitative estimate of drug-likeness (QED) is 0.880. The average Bonchev–Trinajstić information content (AvgIpc) is 2.38. The van der Waals surface area contributed by atoms with Gasteiger partial charge in [0.1, 0.15) is 0 Å². The first-order valence-corrected chi connectivity index (χ1v) is 8.73. The van der Waals surface area contributed by atoms with Gasteiger partial charge in [-0.25, -0.2) is 0 Å². The van der Waals surface area contributed by atoms with Gasteiger partial charge in [0.25, 0.3) is 0 Å². The summed E-state index contributed by atoms with van der Waals surface area (Å²) >= 11 is 11.9. The highest BCUT2D eigenvalue weighted by molar-refractivity contribution is 7.84. The van der Waals surface area contributed by atoms with Gasteiger partial charge in [-0.1, -0.05) is 59.1 Å². The highest BCUT2D eigenvalue weighted by Crippen LogP contribution is 2.27. The maximum atomic E-state index is 12.2. The molecule has 0 amide bonds. The maximum absolute atomic E-state index is 12.2. The molecule has 0 radical (unpaired) electrons. The lowest BCUT2D eigenvalue weighted by molar-refractivity contribution is 0.203. The molecular formula is C16H16Cl2O2S. The molecule has 0 saturated heterocycles. The third kappa shape index (κ3) is 4.82. The highest BCUT2D eigenvalue weighted by Gasteiger charge is 2.15. The molecule has 0 aliphatic heterocycles. The van der Waals surface area contributed by atoms with Gasteiger partial charge in [-0.15, -0.1) is 0 Å². The molecule has 0 unspecified atom stereocenters. The molecule has 21 heavy (non-hydrogen) atoms. The Balaban J connectivity index is 2.02. The molecule has 112 valence electrons. The van der Waals surface area contributed by atoms with Crippen LogP contribution in [0.25, 0.3) is 0 Å². The first kappa shape index (κ1) is 16.5. The number of aliphatic hydroxyl groups is 1. The van der Waals surface area contributed by atoms with Crippen molar-refractivity contribution in [3.63, 3.8) is 0 Å². The van der Waals surface area contributed by atoms with Crippen LogP contribution in [0.15, 0.2) is 42.5 Å². The van der Waals surface area contributed by atoms with Gasteiger partial charge in [-0.05, 0) is 24.6 Å². The molecule has 0 bridgehead atoms. The average molecular weight is 343 g/mol. The molecule has 0 aliphatic rings. The van der Waals surface area contributed by atoms with Crippen molar-refractivity contribution in [2.75, 3.05) is 5.75 Å². The van der Waals surface area contributed by atoms with E-state index in [0.29, 0.717) is 21.4 Å². The van der Waals surface area contributed by atoms with E-state index in [-0.39, 0.29) is 5.75 Å². The summed E-state index contributed by atoms with van der Waals surface area (Å²) in [6, 6.07) is 12.8. The van der Waals surface area contributed by atoms with Crippen molar-refractivity contribution in [2.45, 2.75) is 18.8 Å². The molecule has 0 fully saturated rings.